The fourth-order valence-corrected chi connectivity index (χ4v) is 4.81. The number of rotatable bonds is 4. The monoisotopic (exact) mass is 416 g/mol. The van der Waals surface area contributed by atoms with Crippen LogP contribution in [-0.4, -0.2) is 49.7 Å². The summed E-state index contributed by atoms with van der Waals surface area (Å²) in [6.45, 7) is 0.297. The van der Waals surface area contributed by atoms with Crippen LogP contribution in [-0.2, 0) is 19.6 Å². The van der Waals surface area contributed by atoms with Crippen molar-refractivity contribution in [3.63, 3.8) is 0 Å². The van der Waals surface area contributed by atoms with E-state index in [0.29, 0.717) is 18.5 Å². The van der Waals surface area contributed by atoms with Crippen LogP contribution >= 0.6 is 12.4 Å². The zero-order valence-electron chi connectivity index (χ0n) is 14.9. The number of hydrogen-bond donors (Lipinski definition) is 3. The van der Waals surface area contributed by atoms with Crippen molar-refractivity contribution >= 4 is 39.9 Å². The van der Waals surface area contributed by atoms with Gasteiger partial charge in [0.2, 0.25) is 21.8 Å². The largest absolute Gasteiger partial charge is 0.354 e. The van der Waals surface area contributed by atoms with Crippen molar-refractivity contribution in [2.75, 3.05) is 25.0 Å². The molecule has 0 radical (unpaired) electrons. The van der Waals surface area contributed by atoms with E-state index in [9.17, 15) is 18.0 Å². The topological polar surface area (TPSA) is 122 Å². The molecule has 8 nitrogen and oxygen atoms in total. The van der Waals surface area contributed by atoms with Crippen molar-refractivity contribution in [2.24, 2.45) is 5.73 Å². The Morgan fingerprint density at radius 2 is 1.93 bits per heavy atom. The first kappa shape index (κ1) is 21.6. The van der Waals surface area contributed by atoms with Crippen molar-refractivity contribution < 1.29 is 18.0 Å². The molecule has 0 atom stereocenters. The van der Waals surface area contributed by atoms with Gasteiger partial charge in [0.25, 0.3) is 0 Å². The second-order valence-corrected chi connectivity index (χ2v) is 8.83. The highest BCUT2D eigenvalue weighted by molar-refractivity contribution is 7.89. The predicted molar refractivity (Wildman–Crippen MR) is 104 cm³/mol. The van der Waals surface area contributed by atoms with Gasteiger partial charge in [-0.2, -0.15) is 4.31 Å². The standard InChI is InChI=1S/C17H24N4O4S.ClH/c18-17(7-2-1-3-8-17)16(23)20-13-5-4-6-14(11-13)26(24,25)21-10-9-19-15(22)12-21;/h4-6,11H,1-3,7-10,12,18H2,(H,19,22)(H,20,23);1H. The molecule has 2 fully saturated rings. The zero-order valence-corrected chi connectivity index (χ0v) is 16.6. The Morgan fingerprint density at radius 1 is 1.22 bits per heavy atom. The van der Waals surface area contributed by atoms with Crippen LogP contribution in [0.25, 0.3) is 0 Å². The van der Waals surface area contributed by atoms with Gasteiger partial charge in [-0.05, 0) is 31.0 Å². The van der Waals surface area contributed by atoms with Gasteiger partial charge in [-0.3, -0.25) is 9.59 Å². The maximum atomic E-state index is 12.7. The molecule has 1 saturated carbocycles. The number of carbonyl (C=O) groups excluding carboxylic acids is 2. The maximum Gasteiger partial charge on any atom is 0.244 e. The number of amides is 2. The van der Waals surface area contributed by atoms with Crippen LogP contribution in [0, 0.1) is 0 Å². The Hall–Kier alpha value is -1.68. The molecule has 0 bridgehead atoms. The van der Waals surface area contributed by atoms with E-state index in [1.165, 1.54) is 12.1 Å². The molecule has 27 heavy (non-hydrogen) atoms. The summed E-state index contributed by atoms with van der Waals surface area (Å²) in [5, 5.41) is 5.35. The molecule has 1 saturated heterocycles. The molecular formula is C17H25ClN4O4S. The highest BCUT2D eigenvalue weighted by Crippen LogP contribution is 2.28. The van der Waals surface area contributed by atoms with Gasteiger partial charge in [0.15, 0.2) is 0 Å². The summed E-state index contributed by atoms with van der Waals surface area (Å²) in [4.78, 5) is 24.1. The van der Waals surface area contributed by atoms with E-state index in [4.69, 9.17) is 5.73 Å². The van der Waals surface area contributed by atoms with E-state index in [1.54, 1.807) is 12.1 Å². The second kappa shape index (κ2) is 8.55. The molecule has 1 aliphatic carbocycles. The van der Waals surface area contributed by atoms with Gasteiger partial charge in [0, 0.05) is 18.8 Å². The Kier molecular flexibility index (Phi) is 6.85. The van der Waals surface area contributed by atoms with Gasteiger partial charge < -0.3 is 16.4 Å². The lowest BCUT2D eigenvalue weighted by atomic mass is 9.82. The normalized spacial score (nSPS) is 20.3. The van der Waals surface area contributed by atoms with Gasteiger partial charge >= 0.3 is 0 Å². The molecule has 0 aromatic heterocycles. The van der Waals surface area contributed by atoms with Crippen LogP contribution in [0.2, 0.25) is 0 Å². The summed E-state index contributed by atoms with van der Waals surface area (Å²) in [5.41, 5.74) is 5.70. The quantitative estimate of drug-likeness (QED) is 0.671. The Bertz CT molecular complexity index is 809. The number of sulfonamides is 1. The minimum Gasteiger partial charge on any atom is -0.354 e. The first-order chi connectivity index (χ1) is 12.3. The van der Waals surface area contributed by atoms with E-state index >= 15 is 0 Å². The maximum absolute atomic E-state index is 12.7. The number of carbonyl (C=O) groups is 2. The van der Waals surface area contributed by atoms with Crippen LogP contribution in [0.4, 0.5) is 5.69 Å². The molecular weight excluding hydrogens is 392 g/mol. The van der Waals surface area contributed by atoms with Crippen LogP contribution in [0.1, 0.15) is 32.1 Å². The van der Waals surface area contributed by atoms with Crippen molar-refractivity contribution in [2.45, 2.75) is 42.5 Å². The molecule has 3 rings (SSSR count). The number of nitrogens with one attached hydrogen (secondary N) is 2. The molecule has 0 unspecified atom stereocenters. The predicted octanol–water partition coefficient (Wildman–Crippen LogP) is 0.829. The fourth-order valence-electron chi connectivity index (χ4n) is 3.37. The van der Waals surface area contributed by atoms with Crippen LogP contribution in [0.3, 0.4) is 0 Å². The second-order valence-electron chi connectivity index (χ2n) is 6.89. The highest BCUT2D eigenvalue weighted by Gasteiger charge is 2.35. The number of hydrogen-bond acceptors (Lipinski definition) is 5. The molecule has 1 heterocycles. The first-order valence-electron chi connectivity index (χ1n) is 8.78. The number of benzene rings is 1. The van der Waals surface area contributed by atoms with Gasteiger partial charge in [0.05, 0.1) is 17.0 Å². The lowest BCUT2D eigenvalue weighted by molar-refractivity contribution is -0.123. The van der Waals surface area contributed by atoms with Crippen molar-refractivity contribution in [3.8, 4) is 0 Å². The molecule has 1 aromatic carbocycles. The van der Waals surface area contributed by atoms with Crippen LogP contribution < -0.4 is 16.4 Å². The smallest absolute Gasteiger partial charge is 0.244 e. The zero-order chi connectivity index (χ0) is 18.8. The average molecular weight is 417 g/mol. The summed E-state index contributed by atoms with van der Waals surface area (Å²) in [6, 6.07) is 6.06. The van der Waals surface area contributed by atoms with E-state index in [1.807, 2.05) is 0 Å². The number of anilines is 1. The molecule has 150 valence electrons. The van der Waals surface area contributed by atoms with Gasteiger partial charge in [-0.25, -0.2) is 8.42 Å². The average Bonchev–Trinajstić information content (AvgIpc) is 2.62. The molecule has 0 spiro atoms. The molecule has 1 aliphatic heterocycles. The lowest BCUT2D eigenvalue weighted by Crippen LogP contribution is -2.52. The van der Waals surface area contributed by atoms with Crippen molar-refractivity contribution in [1.82, 2.24) is 9.62 Å². The summed E-state index contributed by atoms with van der Waals surface area (Å²) < 4.78 is 26.6. The SMILES string of the molecule is Cl.NC1(C(=O)Nc2cccc(S(=O)(=O)N3CCNC(=O)C3)c2)CCCCC1. The van der Waals surface area contributed by atoms with Gasteiger partial charge in [-0.1, -0.05) is 25.3 Å². The molecule has 2 aliphatic rings. The third kappa shape index (κ3) is 4.78. The first-order valence-corrected chi connectivity index (χ1v) is 10.2. The molecule has 2 amide bonds. The number of piperazine rings is 1. The summed E-state index contributed by atoms with van der Waals surface area (Å²) in [7, 11) is -3.80. The van der Waals surface area contributed by atoms with Crippen molar-refractivity contribution in [3.05, 3.63) is 24.3 Å². The third-order valence-corrected chi connectivity index (χ3v) is 6.77. The minimum atomic E-state index is -3.80. The van der Waals surface area contributed by atoms with Crippen LogP contribution in [0.15, 0.2) is 29.2 Å². The molecule has 10 heteroatoms. The minimum absolute atomic E-state index is 0. The van der Waals surface area contributed by atoms with E-state index in [0.717, 1.165) is 23.6 Å². The van der Waals surface area contributed by atoms with Crippen molar-refractivity contribution in [1.29, 1.82) is 0 Å². The van der Waals surface area contributed by atoms with Crippen LogP contribution in [0.5, 0.6) is 0 Å². The molecule has 4 N–H and O–H groups in total. The summed E-state index contributed by atoms with van der Waals surface area (Å²) in [5.74, 6) is -0.615. The molecule has 1 aromatic rings. The van der Waals surface area contributed by atoms with Gasteiger partial charge in [0.1, 0.15) is 0 Å². The number of nitrogens with zero attached hydrogens (tertiary/aromatic N) is 1. The summed E-state index contributed by atoms with van der Waals surface area (Å²) in [6.07, 6.45) is 4.15. The number of halogens is 1. The highest BCUT2D eigenvalue weighted by atomic mass is 35.5. The Morgan fingerprint density at radius 3 is 2.59 bits per heavy atom. The van der Waals surface area contributed by atoms with E-state index < -0.39 is 15.6 Å². The Labute approximate surface area is 165 Å². The lowest BCUT2D eigenvalue weighted by Gasteiger charge is -2.31. The number of nitrogens with two attached hydrogens (primary N) is 1. The summed E-state index contributed by atoms with van der Waals surface area (Å²) >= 11 is 0. The fraction of sp³-hybridized carbons (Fsp3) is 0.529. The Balaban J connectivity index is 0.00000261. The van der Waals surface area contributed by atoms with E-state index in [2.05, 4.69) is 10.6 Å². The van der Waals surface area contributed by atoms with E-state index in [-0.39, 0.29) is 48.8 Å². The third-order valence-electron chi connectivity index (χ3n) is 4.93. The van der Waals surface area contributed by atoms with Gasteiger partial charge in [-0.15, -0.1) is 12.4 Å².